The molecule has 80 heavy (non-hydrogen) atoms. The monoisotopic (exact) mass is 1120 g/mol. The fourth-order valence-corrected chi connectivity index (χ4v) is 8.88. The zero-order valence-electron chi connectivity index (χ0n) is 45.0. The lowest BCUT2D eigenvalue weighted by atomic mass is 9.96. The average molecular weight is 1120 g/mol. The number of rotatable bonds is 25. The Labute approximate surface area is 460 Å². The number of phenols is 2. The van der Waals surface area contributed by atoms with E-state index in [1.165, 1.54) is 55.1 Å². The first-order valence-electron chi connectivity index (χ1n) is 25.6. The Morgan fingerprint density at radius 3 is 1.71 bits per heavy atom. The minimum Gasteiger partial charge on any atom is -0.508 e. The van der Waals surface area contributed by atoms with Crippen molar-refractivity contribution in [2.75, 3.05) is 19.7 Å². The van der Waals surface area contributed by atoms with Crippen molar-refractivity contribution >= 4 is 65.2 Å². The number of likely N-dealkylation sites (tertiary alicyclic amines) is 1. The lowest BCUT2D eigenvalue weighted by Gasteiger charge is -2.45. The van der Waals surface area contributed by atoms with E-state index in [2.05, 4.69) is 31.9 Å². The number of hydrogen-bond acceptors (Lipinski definition) is 19. The van der Waals surface area contributed by atoms with Crippen LogP contribution in [0.25, 0.3) is 0 Å². The summed E-state index contributed by atoms with van der Waals surface area (Å²) in [5.41, 5.74) is 6.91. The van der Waals surface area contributed by atoms with E-state index in [-0.39, 0.29) is 43.7 Å². The molecule has 0 bridgehead atoms. The Bertz CT molecular complexity index is 2710. The summed E-state index contributed by atoms with van der Waals surface area (Å²) < 4.78 is 28.0. The van der Waals surface area contributed by atoms with Gasteiger partial charge < -0.3 is 71.1 Å². The Morgan fingerprint density at radius 1 is 0.613 bits per heavy atom. The normalized spacial score (nSPS) is 20.4. The van der Waals surface area contributed by atoms with Crippen LogP contribution < -0.4 is 37.6 Å². The molecule has 0 saturated carbocycles. The quantitative estimate of drug-likeness (QED) is 0.0353. The summed E-state index contributed by atoms with van der Waals surface area (Å²) in [5, 5.41) is 35.8. The van der Waals surface area contributed by atoms with Crippen LogP contribution >= 0.6 is 0 Å². The maximum atomic E-state index is 14.5. The third kappa shape index (κ3) is 18.8. The molecule has 26 heteroatoms. The maximum Gasteiger partial charge on any atom is 0.303 e. The van der Waals surface area contributed by atoms with Gasteiger partial charge in [0.1, 0.15) is 54.4 Å². The van der Waals surface area contributed by atoms with Gasteiger partial charge in [-0.1, -0.05) is 54.6 Å². The molecule has 0 unspecified atom stereocenters. The molecule has 2 saturated heterocycles. The fourth-order valence-electron chi connectivity index (χ4n) is 8.88. The van der Waals surface area contributed by atoms with Crippen molar-refractivity contribution in [3.05, 3.63) is 95.6 Å². The number of carbonyl (C=O) groups is 11. The van der Waals surface area contributed by atoms with Crippen molar-refractivity contribution < 1.29 is 86.6 Å². The van der Waals surface area contributed by atoms with Crippen molar-refractivity contribution in [1.82, 2.24) is 36.8 Å². The lowest BCUT2D eigenvalue weighted by molar-refractivity contribution is -0.258. The van der Waals surface area contributed by atoms with Crippen LogP contribution in [0.15, 0.2) is 78.9 Å². The van der Waals surface area contributed by atoms with Gasteiger partial charge in [0.25, 0.3) is 0 Å². The predicted molar refractivity (Wildman–Crippen MR) is 279 cm³/mol. The number of primary amides is 1. The molecular formula is C54H68N8O18. The number of amides is 7. The Hall–Kier alpha value is -8.65. The van der Waals surface area contributed by atoms with Crippen molar-refractivity contribution in [2.45, 2.75) is 141 Å². The molecule has 0 aliphatic carbocycles. The number of aromatic hydroxyl groups is 2. The number of nitrogens with one attached hydrogen (secondary N) is 6. The van der Waals surface area contributed by atoms with E-state index in [1.54, 1.807) is 42.5 Å². The zero-order valence-corrected chi connectivity index (χ0v) is 45.0. The van der Waals surface area contributed by atoms with E-state index < -0.39 is 145 Å². The first-order chi connectivity index (χ1) is 37.9. The van der Waals surface area contributed by atoms with Crippen molar-refractivity contribution in [2.24, 2.45) is 5.73 Å². The number of nitrogens with two attached hydrogens (primary N) is 1. The van der Waals surface area contributed by atoms with Crippen LogP contribution in [0.2, 0.25) is 0 Å². The van der Waals surface area contributed by atoms with Gasteiger partial charge >= 0.3 is 23.9 Å². The van der Waals surface area contributed by atoms with Gasteiger partial charge in [0.05, 0.1) is 12.6 Å². The highest BCUT2D eigenvalue weighted by molar-refractivity contribution is 5.96. The summed E-state index contributed by atoms with van der Waals surface area (Å²) in [6, 6.07) is 12.6. The first kappa shape index (κ1) is 62.2. The second-order valence-electron chi connectivity index (χ2n) is 19.2. The van der Waals surface area contributed by atoms with E-state index in [9.17, 15) is 63.0 Å². The van der Waals surface area contributed by atoms with Crippen LogP contribution in [-0.2, 0) is 95.7 Å². The summed E-state index contributed by atoms with van der Waals surface area (Å²) >= 11 is 0. The molecule has 0 aromatic heterocycles. The van der Waals surface area contributed by atoms with Gasteiger partial charge in [0.15, 0.2) is 24.5 Å². The molecular weight excluding hydrogens is 1050 g/mol. The molecule has 26 nitrogen and oxygen atoms in total. The molecule has 0 spiro atoms. The van der Waals surface area contributed by atoms with Gasteiger partial charge in [-0.05, 0) is 74.1 Å². The van der Waals surface area contributed by atoms with Crippen molar-refractivity contribution in [3.8, 4) is 11.5 Å². The number of benzene rings is 3. The minimum absolute atomic E-state index is 0.0488. The first-order valence-corrected chi connectivity index (χ1v) is 25.6. The summed E-state index contributed by atoms with van der Waals surface area (Å²) in [6.07, 6.45) is -7.37. The van der Waals surface area contributed by atoms with Crippen LogP contribution in [0.5, 0.6) is 11.5 Å². The van der Waals surface area contributed by atoms with E-state index in [4.69, 9.17) is 29.4 Å². The standard InChI is InChI=1S/C54H68N8O18/c1-28(48(55)70)57-52(74)42-13-10-22-62(42)54(75)41(25-36-16-20-38(68)21-17-36)59-44(69)26-56-50(72)39(23-34-11-8-7-9-12-34)60-49(71)29(2)58-51(73)40(24-35-14-18-37(67)19-15-35)61-53-47(79-33(6)66)46(78-32(5)65)45(77-31(4)64)43(80-53)27-76-30(3)63/h7-9,11-12,14-21,28-29,39-43,45-47,53,61,67-68H,10,13,22-27H2,1-6H3,(H2,55,70)(H,56,72)(H,57,74)(H,58,73)(H,59,69)(H,60,71)/t28-,29+,39-,40-,41-,42-,43+,45-,46-,47+,53-/m0/s1. The van der Waals surface area contributed by atoms with Gasteiger partial charge in [-0.25, -0.2) is 0 Å². The highest BCUT2D eigenvalue weighted by Crippen LogP contribution is 2.29. The molecule has 0 radical (unpaired) electrons. The van der Waals surface area contributed by atoms with E-state index >= 15 is 0 Å². The molecule has 432 valence electrons. The summed E-state index contributed by atoms with van der Waals surface area (Å²) in [4.78, 5) is 146. The third-order valence-corrected chi connectivity index (χ3v) is 12.8. The number of esters is 4. The largest absolute Gasteiger partial charge is 0.508 e. The van der Waals surface area contributed by atoms with Crippen LogP contribution in [-0.4, -0.2) is 167 Å². The van der Waals surface area contributed by atoms with Gasteiger partial charge in [-0.3, -0.25) is 58.1 Å². The predicted octanol–water partition coefficient (Wildman–Crippen LogP) is -1.26. The maximum absolute atomic E-state index is 14.5. The molecule has 3 aromatic carbocycles. The minimum atomic E-state index is -1.62. The van der Waals surface area contributed by atoms with Gasteiger partial charge in [-0.15, -0.1) is 0 Å². The van der Waals surface area contributed by atoms with Crippen molar-refractivity contribution in [1.29, 1.82) is 0 Å². The Morgan fingerprint density at radius 2 is 1.15 bits per heavy atom. The van der Waals surface area contributed by atoms with E-state index in [1.807, 2.05) is 0 Å². The summed E-state index contributed by atoms with van der Waals surface area (Å²) in [5.74, 6) is -9.00. The Kier molecular flexibility index (Phi) is 22.8. The molecule has 10 N–H and O–H groups in total. The third-order valence-electron chi connectivity index (χ3n) is 12.8. The number of carbonyl (C=O) groups excluding carboxylic acids is 11. The van der Waals surface area contributed by atoms with Crippen LogP contribution in [0.1, 0.15) is 71.1 Å². The van der Waals surface area contributed by atoms with Crippen LogP contribution in [0, 0.1) is 0 Å². The number of nitrogens with zero attached hydrogens (tertiary/aromatic N) is 1. The van der Waals surface area contributed by atoms with E-state index in [0.29, 0.717) is 23.1 Å². The Balaban J connectivity index is 1.35. The number of ether oxygens (including phenoxy) is 5. The molecule has 11 atom stereocenters. The van der Waals surface area contributed by atoms with Gasteiger partial charge in [-0.2, -0.15) is 0 Å². The highest BCUT2D eigenvalue weighted by atomic mass is 16.7. The average Bonchev–Trinajstić information content (AvgIpc) is 3.93. The molecule has 3 aromatic rings. The summed E-state index contributed by atoms with van der Waals surface area (Å²) in [6.45, 7) is 5.86. The van der Waals surface area contributed by atoms with Gasteiger partial charge in [0, 0.05) is 47.1 Å². The second-order valence-corrected chi connectivity index (χ2v) is 19.2. The van der Waals surface area contributed by atoms with E-state index in [0.717, 1.165) is 27.7 Å². The smallest absolute Gasteiger partial charge is 0.303 e. The topological polar surface area (TPSA) is 376 Å². The zero-order chi connectivity index (χ0) is 58.8. The SMILES string of the molecule is CC(=O)OC[C@H]1O[C@H](N[C@@H](Cc2ccc(O)cc2)C(=O)N[C@H](C)C(=O)N[C@@H](Cc2ccccc2)C(=O)NCC(=O)N[C@@H](Cc2ccc(O)cc2)C(=O)N2CCC[C@H]2C(=O)N[C@@H](C)C(N)=O)[C@H](OC(C)=O)[C@@H](OC(C)=O)[C@H]1OC(C)=O. The van der Waals surface area contributed by atoms with Crippen molar-refractivity contribution in [3.63, 3.8) is 0 Å². The second kappa shape index (κ2) is 29.4. The van der Waals surface area contributed by atoms with Gasteiger partial charge in [0.2, 0.25) is 41.4 Å². The molecule has 7 amide bonds. The molecule has 5 rings (SSSR count). The molecule has 2 fully saturated rings. The fraction of sp³-hybridized carbons (Fsp3) is 0.463. The molecule has 2 heterocycles. The summed E-state index contributed by atoms with van der Waals surface area (Å²) in [7, 11) is 0. The molecule has 2 aliphatic rings. The number of phenolic OH excluding ortho intramolecular Hbond substituents is 2. The van der Waals surface area contributed by atoms with Crippen LogP contribution in [0.3, 0.4) is 0 Å². The number of hydrogen-bond donors (Lipinski definition) is 9. The highest BCUT2D eigenvalue weighted by Gasteiger charge is 2.53. The lowest BCUT2D eigenvalue weighted by Crippen LogP contribution is -2.68. The molecule has 2 aliphatic heterocycles. The van der Waals surface area contributed by atoms with Crippen LogP contribution in [0.4, 0.5) is 0 Å².